The van der Waals surface area contributed by atoms with Crippen molar-refractivity contribution in [2.75, 3.05) is 46.3 Å². The van der Waals surface area contributed by atoms with Gasteiger partial charge in [-0.15, -0.1) is 0 Å². The van der Waals surface area contributed by atoms with Gasteiger partial charge in [0.2, 0.25) is 5.91 Å². The summed E-state index contributed by atoms with van der Waals surface area (Å²) in [6.45, 7) is 6.98. The quantitative estimate of drug-likeness (QED) is 0.357. The summed E-state index contributed by atoms with van der Waals surface area (Å²) < 4.78 is 15.0. The van der Waals surface area contributed by atoms with Crippen molar-refractivity contribution in [1.29, 1.82) is 5.41 Å². The number of piperazine rings is 1. The number of hydrogen-bond acceptors (Lipinski definition) is 4. The number of carbonyl (C=O) groups is 1. The van der Waals surface area contributed by atoms with Crippen LogP contribution in [-0.2, 0) is 28.7 Å². The number of allylic oxidation sites excluding steroid dienone is 3. The normalized spacial score (nSPS) is 19.2. The van der Waals surface area contributed by atoms with Gasteiger partial charge in [-0.2, -0.15) is 0 Å². The maximum absolute atomic E-state index is 13.2. The van der Waals surface area contributed by atoms with Crippen LogP contribution in [0.2, 0.25) is 0 Å². The van der Waals surface area contributed by atoms with Crippen LogP contribution in [0.5, 0.6) is 0 Å². The van der Waals surface area contributed by atoms with Crippen LogP contribution < -0.4 is 0 Å². The van der Waals surface area contributed by atoms with Crippen molar-refractivity contribution in [3.05, 3.63) is 70.9 Å². The summed E-state index contributed by atoms with van der Waals surface area (Å²) in [4.78, 5) is 22.8. The lowest BCUT2D eigenvalue weighted by Crippen LogP contribution is -2.50. The molecule has 214 valence electrons. The van der Waals surface area contributed by atoms with Gasteiger partial charge in [-0.25, -0.2) is 8.51 Å². The molecule has 1 aliphatic carbocycles. The third-order valence-electron chi connectivity index (χ3n) is 8.33. The fourth-order valence-electron chi connectivity index (χ4n) is 5.75. The first kappa shape index (κ1) is 28.5. The van der Waals surface area contributed by atoms with Crippen LogP contribution in [0.4, 0.5) is 0 Å². The standard InChI is InChI=1S/C31H42N6O2S/c1-3-4-16-34(2)27-14-17-35(18-15-27)31(32)25-12-10-24(11-13-25)22-36-19-20-37(23-30(36)38)40(39)29-21-26-8-6-5-7-9-28(26)33-29/h5-7,9-13,21,27,32-33H,3-4,8,14-20,22-23H2,1-2H3. The van der Waals surface area contributed by atoms with E-state index in [1.54, 1.807) is 4.31 Å². The van der Waals surface area contributed by atoms with Crippen molar-refractivity contribution < 1.29 is 9.00 Å². The second kappa shape index (κ2) is 13.1. The summed E-state index contributed by atoms with van der Waals surface area (Å²) in [6.07, 6.45) is 13.5. The number of unbranched alkanes of at least 4 members (excludes halogenated alkanes) is 1. The van der Waals surface area contributed by atoms with Crippen molar-refractivity contribution in [2.24, 2.45) is 0 Å². The molecule has 2 N–H and O–H groups in total. The lowest BCUT2D eigenvalue weighted by Gasteiger charge is -2.38. The molecular weight excluding hydrogens is 520 g/mol. The van der Waals surface area contributed by atoms with Gasteiger partial charge in [0.25, 0.3) is 0 Å². The zero-order valence-corrected chi connectivity index (χ0v) is 24.6. The number of aromatic amines is 1. The Morgan fingerprint density at radius 3 is 2.62 bits per heavy atom. The Labute approximate surface area is 240 Å². The molecule has 1 aromatic heterocycles. The Morgan fingerprint density at radius 1 is 1.12 bits per heavy atom. The maximum Gasteiger partial charge on any atom is 0.238 e. The van der Waals surface area contributed by atoms with Crippen molar-refractivity contribution >= 4 is 28.8 Å². The van der Waals surface area contributed by atoms with E-state index in [0.29, 0.717) is 36.5 Å². The maximum atomic E-state index is 13.2. The first-order valence-electron chi connectivity index (χ1n) is 14.6. The number of nitrogens with zero attached hydrogens (tertiary/aromatic N) is 4. The van der Waals surface area contributed by atoms with Crippen molar-refractivity contribution in [2.45, 2.75) is 56.6 Å². The molecular formula is C31H42N6O2S. The number of carbonyl (C=O) groups excluding carboxylic acids is 1. The largest absolute Gasteiger partial charge is 0.356 e. The molecule has 8 nitrogen and oxygen atoms in total. The van der Waals surface area contributed by atoms with Gasteiger partial charge < -0.3 is 19.7 Å². The van der Waals surface area contributed by atoms with Crippen LogP contribution in [0.15, 0.2) is 53.6 Å². The van der Waals surface area contributed by atoms with E-state index < -0.39 is 11.0 Å². The van der Waals surface area contributed by atoms with Crippen LogP contribution >= 0.6 is 0 Å². The number of piperidine rings is 1. The van der Waals surface area contributed by atoms with E-state index in [9.17, 15) is 9.00 Å². The molecule has 5 rings (SSSR count). The summed E-state index contributed by atoms with van der Waals surface area (Å²) in [5.41, 5.74) is 4.06. The van der Waals surface area contributed by atoms with Crippen LogP contribution in [0.25, 0.3) is 6.08 Å². The van der Waals surface area contributed by atoms with Gasteiger partial charge in [0.05, 0.1) is 6.54 Å². The van der Waals surface area contributed by atoms with E-state index >= 15 is 0 Å². The molecule has 2 saturated heterocycles. The highest BCUT2D eigenvalue weighted by atomic mass is 32.2. The Kier molecular flexibility index (Phi) is 9.34. The smallest absolute Gasteiger partial charge is 0.238 e. The fourth-order valence-corrected chi connectivity index (χ4v) is 6.94. The number of amidine groups is 1. The van der Waals surface area contributed by atoms with E-state index in [1.165, 1.54) is 12.8 Å². The minimum absolute atomic E-state index is 0.0147. The molecule has 0 spiro atoms. The molecule has 1 aromatic carbocycles. The van der Waals surface area contributed by atoms with Gasteiger partial charge >= 0.3 is 0 Å². The molecule has 0 radical (unpaired) electrons. The molecule has 3 heterocycles. The molecule has 2 aromatic rings. The predicted molar refractivity (Wildman–Crippen MR) is 161 cm³/mol. The minimum atomic E-state index is -1.40. The van der Waals surface area contributed by atoms with Crippen LogP contribution in [0.1, 0.15) is 55.0 Å². The summed E-state index contributed by atoms with van der Waals surface area (Å²) in [5.74, 6) is 0.570. The number of amides is 1. The van der Waals surface area contributed by atoms with E-state index in [4.69, 9.17) is 5.41 Å². The monoisotopic (exact) mass is 562 g/mol. The highest BCUT2D eigenvalue weighted by molar-refractivity contribution is 7.82. The number of aromatic nitrogens is 1. The SMILES string of the molecule is CCCCN(C)C1CCN(C(=N)c2ccc(CN3CCN(S(=O)c4cc5c([nH]4)C=CC=CC5)CC3=O)cc2)CC1. The average Bonchev–Trinajstić information content (AvgIpc) is 3.26. The topological polar surface area (TPSA) is 86.7 Å². The van der Waals surface area contributed by atoms with E-state index in [-0.39, 0.29) is 12.5 Å². The Bertz CT molecular complexity index is 1280. The van der Waals surface area contributed by atoms with Crippen molar-refractivity contribution in [3.63, 3.8) is 0 Å². The Hall–Kier alpha value is -3.01. The zero-order valence-electron chi connectivity index (χ0n) is 23.8. The van der Waals surface area contributed by atoms with Gasteiger partial charge in [0, 0.05) is 50.0 Å². The number of H-pyrrole nitrogens is 1. The molecule has 0 saturated carbocycles. The van der Waals surface area contributed by atoms with Gasteiger partial charge in [-0.1, -0.05) is 55.8 Å². The van der Waals surface area contributed by atoms with Crippen LogP contribution in [-0.4, -0.2) is 92.3 Å². The van der Waals surface area contributed by atoms with Crippen molar-refractivity contribution in [3.8, 4) is 0 Å². The van der Waals surface area contributed by atoms with E-state index in [0.717, 1.165) is 61.3 Å². The molecule has 2 fully saturated rings. The lowest BCUT2D eigenvalue weighted by molar-refractivity contribution is -0.134. The molecule has 3 aliphatic rings. The van der Waals surface area contributed by atoms with Gasteiger partial charge in [0.1, 0.15) is 21.8 Å². The van der Waals surface area contributed by atoms with Gasteiger partial charge in [0.15, 0.2) is 0 Å². The summed E-state index contributed by atoms with van der Waals surface area (Å²) in [7, 11) is 0.832. The number of fused-ring (bicyclic) bond motifs is 1. The fraction of sp³-hybridized carbons (Fsp3) is 0.484. The third kappa shape index (κ3) is 6.65. The highest BCUT2D eigenvalue weighted by Crippen LogP contribution is 2.22. The Balaban J connectivity index is 1.11. The van der Waals surface area contributed by atoms with Crippen molar-refractivity contribution in [1.82, 2.24) is 24.0 Å². The van der Waals surface area contributed by atoms with Crippen LogP contribution in [0.3, 0.4) is 0 Å². The summed E-state index contributed by atoms with van der Waals surface area (Å²) in [5, 5.41) is 9.40. The number of benzene rings is 1. The molecule has 1 atom stereocenters. The average molecular weight is 563 g/mol. The molecule has 1 unspecified atom stereocenters. The first-order valence-corrected chi connectivity index (χ1v) is 15.7. The summed E-state index contributed by atoms with van der Waals surface area (Å²) in [6, 6.07) is 10.6. The molecule has 0 bridgehead atoms. The molecule has 1 amide bonds. The van der Waals surface area contributed by atoms with E-state index in [2.05, 4.69) is 34.8 Å². The first-order chi connectivity index (χ1) is 19.4. The van der Waals surface area contributed by atoms with Gasteiger partial charge in [-0.3, -0.25) is 10.2 Å². The second-order valence-corrected chi connectivity index (χ2v) is 12.5. The number of rotatable bonds is 9. The summed E-state index contributed by atoms with van der Waals surface area (Å²) >= 11 is 0. The Morgan fingerprint density at radius 2 is 1.90 bits per heavy atom. The van der Waals surface area contributed by atoms with Gasteiger partial charge in [-0.05, 0) is 62.5 Å². The molecule has 2 aliphatic heterocycles. The molecule has 9 heteroatoms. The molecule has 40 heavy (non-hydrogen) atoms. The number of hydrogen-bond donors (Lipinski definition) is 2. The number of likely N-dealkylation sites (tertiary alicyclic amines) is 1. The second-order valence-electron chi connectivity index (χ2n) is 11.1. The highest BCUT2D eigenvalue weighted by Gasteiger charge is 2.29. The predicted octanol–water partition coefficient (Wildman–Crippen LogP) is 4.03. The number of nitrogens with one attached hydrogen (secondary N) is 2. The van der Waals surface area contributed by atoms with Crippen LogP contribution in [0, 0.1) is 5.41 Å². The minimum Gasteiger partial charge on any atom is -0.356 e. The zero-order chi connectivity index (χ0) is 28.1. The third-order valence-corrected chi connectivity index (χ3v) is 9.71. The lowest BCUT2D eigenvalue weighted by atomic mass is 10.0. The van der Waals surface area contributed by atoms with E-state index in [1.807, 2.05) is 53.5 Å².